The Kier molecular flexibility index (Phi) is 6.44. The number of benzene rings is 2. The van der Waals surface area contributed by atoms with Crippen molar-refractivity contribution >= 4 is 12.0 Å². The number of carbonyl (C=O) groups is 1. The van der Waals surface area contributed by atoms with E-state index in [1.807, 2.05) is 30.3 Å². The fourth-order valence-corrected chi connectivity index (χ4v) is 1.94. The molecule has 0 aromatic heterocycles. The van der Waals surface area contributed by atoms with Crippen molar-refractivity contribution in [2.45, 2.75) is 13.5 Å². The number of azide groups is 1. The zero-order chi connectivity index (χ0) is 17.2. The molecule has 0 aliphatic carbocycles. The standard InChI is InChI=1S/C18H17N3O3/c1-2-23-18(22)17(20-21-19)12-14-8-10-16(11-9-14)24-13-15-6-4-3-5-7-15/h3-12H,2,13H2,1H3. The highest BCUT2D eigenvalue weighted by Gasteiger charge is 2.08. The summed E-state index contributed by atoms with van der Waals surface area (Å²) < 4.78 is 10.5. The Morgan fingerprint density at radius 3 is 2.50 bits per heavy atom. The number of carbonyl (C=O) groups excluding carboxylic acids is 1. The number of rotatable bonds is 7. The lowest BCUT2D eigenvalue weighted by Gasteiger charge is -2.06. The molecule has 0 unspecified atom stereocenters. The van der Waals surface area contributed by atoms with Crippen LogP contribution >= 0.6 is 0 Å². The van der Waals surface area contributed by atoms with Gasteiger partial charge in [0.1, 0.15) is 18.1 Å². The molecule has 0 radical (unpaired) electrons. The summed E-state index contributed by atoms with van der Waals surface area (Å²) in [5, 5.41) is 3.37. The second-order valence-corrected chi connectivity index (χ2v) is 4.78. The van der Waals surface area contributed by atoms with Gasteiger partial charge in [0.15, 0.2) is 0 Å². The van der Waals surface area contributed by atoms with E-state index in [0.29, 0.717) is 17.9 Å². The molecule has 122 valence electrons. The molecule has 2 rings (SSSR count). The first-order valence-corrected chi connectivity index (χ1v) is 7.43. The molecular formula is C18H17N3O3. The first-order valence-electron chi connectivity index (χ1n) is 7.43. The van der Waals surface area contributed by atoms with Crippen LogP contribution in [0, 0.1) is 0 Å². The van der Waals surface area contributed by atoms with Crippen LogP contribution in [0.25, 0.3) is 16.5 Å². The van der Waals surface area contributed by atoms with Crippen molar-refractivity contribution in [2.24, 2.45) is 5.11 Å². The summed E-state index contributed by atoms with van der Waals surface area (Å²) in [5.74, 6) is 0.0529. The van der Waals surface area contributed by atoms with Gasteiger partial charge in [0.05, 0.1) is 6.61 Å². The highest BCUT2D eigenvalue weighted by Crippen LogP contribution is 2.17. The van der Waals surface area contributed by atoms with Gasteiger partial charge in [-0.1, -0.05) is 47.6 Å². The highest BCUT2D eigenvalue weighted by molar-refractivity contribution is 5.93. The normalized spacial score (nSPS) is 10.6. The van der Waals surface area contributed by atoms with Gasteiger partial charge >= 0.3 is 5.97 Å². The maximum absolute atomic E-state index is 11.7. The first-order chi connectivity index (χ1) is 11.7. The third-order valence-corrected chi connectivity index (χ3v) is 3.07. The zero-order valence-electron chi connectivity index (χ0n) is 13.3. The average molecular weight is 323 g/mol. The van der Waals surface area contributed by atoms with Gasteiger partial charge in [-0.15, -0.1) is 0 Å². The predicted molar refractivity (Wildman–Crippen MR) is 91.0 cm³/mol. The van der Waals surface area contributed by atoms with Crippen LogP contribution in [-0.2, 0) is 16.1 Å². The van der Waals surface area contributed by atoms with E-state index < -0.39 is 5.97 Å². The Balaban J connectivity index is 2.05. The van der Waals surface area contributed by atoms with Gasteiger partial charge in [0, 0.05) is 4.91 Å². The highest BCUT2D eigenvalue weighted by atomic mass is 16.5. The molecular weight excluding hydrogens is 306 g/mol. The van der Waals surface area contributed by atoms with Gasteiger partial charge in [0.25, 0.3) is 0 Å². The van der Waals surface area contributed by atoms with Crippen molar-refractivity contribution in [1.82, 2.24) is 0 Å². The van der Waals surface area contributed by atoms with Crippen LogP contribution in [-0.4, -0.2) is 12.6 Å². The van der Waals surface area contributed by atoms with Crippen molar-refractivity contribution < 1.29 is 14.3 Å². The summed E-state index contributed by atoms with van der Waals surface area (Å²) in [4.78, 5) is 14.3. The summed E-state index contributed by atoms with van der Waals surface area (Å²) in [6.45, 7) is 2.37. The van der Waals surface area contributed by atoms with Crippen LogP contribution in [0.4, 0.5) is 0 Å². The second-order valence-electron chi connectivity index (χ2n) is 4.78. The van der Waals surface area contributed by atoms with Gasteiger partial charge in [-0.3, -0.25) is 0 Å². The van der Waals surface area contributed by atoms with Crippen molar-refractivity contribution in [2.75, 3.05) is 6.61 Å². The van der Waals surface area contributed by atoms with Crippen LogP contribution in [0.5, 0.6) is 5.75 Å². The van der Waals surface area contributed by atoms with Crippen molar-refractivity contribution in [1.29, 1.82) is 0 Å². The largest absolute Gasteiger partial charge is 0.489 e. The van der Waals surface area contributed by atoms with Gasteiger partial charge in [-0.05, 0) is 41.8 Å². The van der Waals surface area contributed by atoms with E-state index in [1.165, 1.54) is 6.08 Å². The lowest BCUT2D eigenvalue weighted by Crippen LogP contribution is -2.05. The molecule has 6 heteroatoms. The van der Waals surface area contributed by atoms with E-state index in [-0.39, 0.29) is 12.3 Å². The van der Waals surface area contributed by atoms with Crippen LogP contribution < -0.4 is 4.74 Å². The Morgan fingerprint density at radius 1 is 1.17 bits per heavy atom. The molecule has 0 amide bonds. The molecule has 0 saturated carbocycles. The van der Waals surface area contributed by atoms with Crippen LogP contribution in [0.3, 0.4) is 0 Å². The maximum atomic E-state index is 11.7. The Hall–Kier alpha value is -3.24. The Labute approximate surface area is 140 Å². The molecule has 0 spiro atoms. The van der Waals surface area contributed by atoms with Crippen LogP contribution in [0.2, 0.25) is 0 Å². The van der Waals surface area contributed by atoms with Crippen molar-refractivity contribution in [3.63, 3.8) is 0 Å². The van der Waals surface area contributed by atoms with Gasteiger partial charge in [0.2, 0.25) is 0 Å². The minimum atomic E-state index is -0.653. The first kappa shape index (κ1) is 17.1. The summed E-state index contributed by atoms with van der Waals surface area (Å²) in [7, 11) is 0. The molecule has 0 aliphatic rings. The quantitative estimate of drug-likeness (QED) is 0.247. The molecule has 0 bridgehead atoms. The second kappa shape index (κ2) is 9.02. The molecule has 24 heavy (non-hydrogen) atoms. The lowest BCUT2D eigenvalue weighted by atomic mass is 10.2. The van der Waals surface area contributed by atoms with E-state index >= 15 is 0 Å². The maximum Gasteiger partial charge on any atom is 0.340 e. The van der Waals surface area contributed by atoms with E-state index in [0.717, 1.165) is 5.56 Å². The van der Waals surface area contributed by atoms with E-state index in [2.05, 4.69) is 10.0 Å². The van der Waals surface area contributed by atoms with E-state index in [4.69, 9.17) is 15.0 Å². The summed E-state index contributed by atoms with van der Waals surface area (Å²) >= 11 is 0. The van der Waals surface area contributed by atoms with Crippen molar-refractivity contribution in [3.05, 3.63) is 81.9 Å². The Bertz CT molecular complexity index is 749. The molecule has 0 saturated heterocycles. The van der Waals surface area contributed by atoms with Crippen molar-refractivity contribution in [3.8, 4) is 5.75 Å². The molecule has 0 heterocycles. The third kappa shape index (κ3) is 5.19. The smallest absolute Gasteiger partial charge is 0.340 e. The molecule has 2 aromatic rings. The Morgan fingerprint density at radius 2 is 1.88 bits per heavy atom. The number of esters is 1. The predicted octanol–water partition coefficient (Wildman–Crippen LogP) is 4.48. The zero-order valence-corrected chi connectivity index (χ0v) is 13.3. The molecule has 0 fully saturated rings. The number of hydrogen-bond donors (Lipinski definition) is 0. The van der Waals surface area contributed by atoms with E-state index in [9.17, 15) is 4.79 Å². The number of hydrogen-bond acceptors (Lipinski definition) is 4. The molecule has 0 aliphatic heterocycles. The average Bonchev–Trinajstić information content (AvgIpc) is 2.62. The van der Waals surface area contributed by atoms with E-state index in [1.54, 1.807) is 31.2 Å². The topological polar surface area (TPSA) is 84.3 Å². The summed E-state index contributed by atoms with van der Waals surface area (Å²) in [6.07, 6.45) is 1.47. The monoisotopic (exact) mass is 323 g/mol. The molecule has 6 nitrogen and oxygen atoms in total. The fourth-order valence-electron chi connectivity index (χ4n) is 1.94. The van der Waals surface area contributed by atoms with Gasteiger partial charge in [-0.25, -0.2) is 4.79 Å². The SMILES string of the molecule is CCOC(=O)C(=Cc1ccc(OCc2ccccc2)cc1)N=[N+]=[N-]. The molecule has 0 atom stereocenters. The van der Waals surface area contributed by atoms with Gasteiger partial charge < -0.3 is 9.47 Å². The van der Waals surface area contributed by atoms with Crippen LogP contribution in [0.1, 0.15) is 18.1 Å². The lowest BCUT2D eigenvalue weighted by molar-refractivity contribution is -0.138. The third-order valence-electron chi connectivity index (χ3n) is 3.07. The van der Waals surface area contributed by atoms with Crippen LogP contribution in [0.15, 0.2) is 65.4 Å². The summed E-state index contributed by atoms with van der Waals surface area (Å²) in [5.41, 5.74) is 10.2. The molecule has 2 aromatic carbocycles. The number of nitrogens with zero attached hydrogens (tertiary/aromatic N) is 3. The minimum Gasteiger partial charge on any atom is -0.489 e. The number of ether oxygens (including phenoxy) is 2. The minimum absolute atomic E-state index is 0.0858. The van der Waals surface area contributed by atoms with Gasteiger partial charge in [-0.2, -0.15) is 0 Å². The fraction of sp³-hybridized carbons (Fsp3) is 0.167. The molecule has 0 N–H and O–H groups in total. The summed E-state index contributed by atoms with van der Waals surface area (Å²) in [6, 6.07) is 17.0.